The van der Waals surface area contributed by atoms with Gasteiger partial charge in [-0.1, -0.05) is 24.6 Å². The van der Waals surface area contributed by atoms with Gasteiger partial charge in [-0.05, 0) is 37.1 Å². The maximum atomic E-state index is 13.7. The Labute approximate surface area is 115 Å². The Morgan fingerprint density at radius 1 is 1.33 bits per heavy atom. The van der Waals surface area contributed by atoms with Gasteiger partial charge in [-0.2, -0.15) is 0 Å². The zero-order valence-corrected chi connectivity index (χ0v) is 11.7. The minimum Gasteiger partial charge on any atom is -0.323 e. The fourth-order valence-electron chi connectivity index (χ4n) is 1.83. The highest BCUT2D eigenvalue weighted by atomic mass is 35.5. The fourth-order valence-corrected chi connectivity index (χ4v) is 3.03. The number of halogens is 2. The van der Waals surface area contributed by atoms with Crippen LogP contribution in [-0.2, 0) is 12.8 Å². The predicted molar refractivity (Wildman–Crippen MR) is 75.7 cm³/mol. The number of hydrogen-bond donors (Lipinski definition) is 1. The lowest BCUT2D eigenvalue weighted by atomic mass is 10.0. The van der Waals surface area contributed by atoms with E-state index in [1.54, 1.807) is 23.5 Å². The van der Waals surface area contributed by atoms with Gasteiger partial charge in [0.2, 0.25) is 0 Å². The average Bonchev–Trinajstić information content (AvgIpc) is 2.82. The SMILES string of the molecule is CCc1ccc(C(N)Cc2c(F)cccc2Cl)s1. The molecule has 2 aromatic rings. The van der Waals surface area contributed by atoms with Crippen LogP contribution in [0.25, 0.3) is 0 Å². The molecule has 1 unspecified atom stereocenters. The van der Waals surface area contributed by atoms with E-state index in [-0.39, 0.29) is 11.9 Å². The Morgan fingerprint density at radius 2 is 2.11 bits per heavy atom. The second-order valence-corrected chi connectivity index (χ2v) is 5.78. The molecule has 2 rings (SSSR count). The molecule has 1 aromatic carbocycles. The van der Waals surface area contributed by atoms with E-state index in [9.17, 15) is 4.39 Å². The average molecular weight is 284 g/mol. The zero-order chi connectivity index (χ0) is 13.1. The van der Waals surface area contributed by atoms with Gasteiger partial charge in [0.05, 0.1) is 0 Å². The van der Waals surface area contributed by atoms with Crippen molar-refractivity contribution in [1.82, 2.24) is 0 Å². The number of aryl methyl sites for hydroxylation is 1. The molecule has 0 radical (unpaired) electrons. The van der Waals surface area contributed by atoms with Crippen LogP contribution in [0, 0.1) is 5.82 Å². The molecule has 18 heavy (non-hydrogen) atoms. The highest BCUT2D eigenvalue weighted by Crippen LogP contribution is 2.28. The summed E-state index contributed by atoms with van der Waals surface area (Å²) in [6, 6.07) is 8.60. The van der Waals surface area contributed by atoms with Crippen LogP contribution >= 0.6 is 22.9 Å². The van der Waals surface area contributed by atoms with Crippen LogP contribution in [0.15, 0.2) is 30.3 Å². The van der Waals surface area contributed by atoms with Crippen molar-refractivity contribution in [2.24, 2.45) is 5.73 Å². The van der Waals surface area contributed by atoms with E-state index < -0.39 is 0 Å². The Kier molecular flexibility index (Phi) is 4.38. The summed E-state index contributed by atoms with van der Waals surface area (Å²) in [5.41, 5.74) is 6.62. The summed E-state index contributed by atoms with van der Waals surface area (Å²) in [7, 11) is 0. The van der Waals surface area contributed by atoms with Crippen LogP contribution in [0.5, 0.6) is 0 Å². The molecule has 1 aromatic heterocycles. The zero-order valence-electron chi connectivity index (χ0n) is 10.1. The molecule has 0 aliphatic carbocycles. The van der Waals surface area contributed by atoms with Crippen molar-refractivity contribution in [1.29, 1.82) is 0 Å². The third kappa shape index (κ3) is 2.91. The molecule has 0 fully saturated rings. The van der Waals surface area contributed by atoms with Crippen molar-refractivity contribution in [3.8, 4) is 0 Å². The molecule has 96 valence electrons. The highest BCUT2D eigenvalue weighted by molar-refractivity contribution is 7.12. The maximum Gasteiger partial charge on any atom is 0.127 e. The second kappa shape index (κ2) is 5.83. The number of benzene rings is 1. The molecule has 1 heterocycles. The van der Waals surface area contributed by atoms with Crippen LogP contribution in [-0.4, -0.2) is 0 Å². The molecule has 2 N–H and O–H groups in total. The van der Waals surface area contributed by atoms with Crippen molar-refractivity contribution < 1.29 is 4.39 Å². The van der Waals surface area contributed by atoms with E-state index >= 15 is 0 Å². The number of hydrogen-bond acceptors (Lipinski definition) is 2. The van der Waals surface area contributed by atoms with Gasteiger partial charge in [0, 0.05) is 26.4 Å². The Bertz CT molecular complexity index is 518. The van der Waals surface area contributed by atoms with E-state index in [1.165, 1.54) is 10.9 Å². The first-order chi connectivity index (χ1) is 8.61. The van der Waals surface area contributed by atoms with Crippen molar-refractivity contribution in [3.63, 3.8) is 0 Å². The molecule has 0 aliphatic heterocycles. The molecule has 1 nitrogen and oxygen atoms in total. The molecule has 0 bridgehead atoms. The summed E-state index contributed by atoms with van der Waals surface area (Å²) in [4.78, 5) is 2.37. The maximum absolute atomic E-state index is 13.7. The van der Waals surface area contributed by atoms with Gasteiger partial charge >= 0.3 is 0 Å². The number of thiophene rings is 1. The van der Waals surface area contributed by atoms with E-state index in [0.29, 0.717) is 17.0 Å². The van der Waals surface area contributed by atoms with Crippen molar-refractivity contribution in [3.05, 3.63) is 56.5 Å². The standard InChI is InChI=1S/C14H15ClFNS/c1-2-9-6-7-14(18-9)13(17)8-10-11(15)4-3-5-12(10)16/h3-7,13H,2,8,17H2,1H3. The summed E-state index contributed by atoms with van der Waals surface area (Å²) >= 11 is 7.68. The lowest BCUT2D eigenvalue weighted by molar-refractivity contribution is 0.595. The van der Waals surface area contributed by atoms with Crippen molar-refractivity contribution in [2.75, 3.05) is 0 Å². The molecular weight excluding hydrogens is 269 g/mol. The monoisotopic (exact) mass is 283 g/mol. The van der Waals surface area contributed by atoms with Crippen molar-refractivity contribution >= 4 is 22.9 Å². The largest absolute Gasteiger partial charge is 0.323 e. The van der Waals surface area contributed by atoms with Crippen LogP contribution in [0.1, 0.15) is 28.3 Å². The van der Waals surface area contributed by atoms with Gasteiger partial charge in [-0.15, -0.1) is 11.3 Å². The summed E-state index contributed by atoms with van der Waals surface area (Å²) in [6.45, 7) is 2.11. The van der Waals surface area contributed by atoms with Gasteiger partial charge in [-0.3, -0.25) is 0 Å². The molecule has 0 spiro atoms. The van der Waals surface area contributed by atoms with Gasteiger partial charge in [0.1, 0.15) is 5.82 Å². The lowest BCUT2D eigenvalue weighted by Crippen LogP contribution is -2.13. The Balaban J connectivity index is 2.18. The van der Waals surface area contributed by atoms with E-state index in [0.717, 1.165) is 11.3 Å². The van der Waals surface area contributed by atoms with E-state index in [4.69, 9.17) is 17.3 Å². The minimum absolute atomic E-state index is 0.204. The first-order valence-corrected chi connectivity index (χ1v) is 7.08. The quantitative estimate of drug-likeness (QED) is 0.887. The van der Waals surface area contributed by atoms with Gasteiger partial charge in [0.15, 0.2) is 0 Å². The van der Waals surface area contributed by atoms with Gasteiger partial charge < -0.3 is 5.73 Å². The summed E-state index contributed by atoms with van der Waals surface area (Å²) in [5.74, 6) is -0.287. The Morgan fingerprint density at radius 3 is 2.72 bits per heavy atom. The number of rotatable bonds is 4. The summed E-state index contributed by atoms with van der Waals surface area (Å²) in [5, 5.41) is 0.442. The normalized spacial score (nSPS) is 12.7. The highest BCUT2D eigenvalue weighted by Gasteiger charge is 2.14. The van der Waals surface area contributed by atoms with Crippen molar-refractivity contribution in [2.45, 2.75) is 25.8 Å². The van der Waals surface area contributed by atoms with Crippen LogP contribution < -0.4 is 5.73 Å². The third-order valence-electron chi connectivity index (χ3n) is 2.88. The molecule has 0 saturated carbocycles. The molecule has 0 amide bonds. The topological polar surface area (TPSA) is 26.0 Å². The van der Waals surface area contributed by atoms with E-state index in [1.807, 2.05) is 6.07 Å². The van der Waals surface area contributed by atoms with Crippen LogP contribution in [0.3, 0.4) is 0 Å². The second-order valence-electron chi connectivity index (χ2n) is 4.17. The fraction of sp³-hybridized carbons (Fsp3) is 0.286. The van der Waals surface area contributed by atoms with Crippen LogP contribution in [0.2, 0.25) is 5.02 Å². The molecule has 1 atom stereocenters. The van der Waals surface area contributed by atoms with E-state index in [2.05, 4.69) is 13.0 Å². The molecule has 0 saturated heterocycles. The number of nitrogens with two attached hydrogens (primary N) is 1. The molecular formula is C14H15ClFNS. The van der Waals surface area contributed by atoms with Crippen LogP contribution in [0.4, 0.5) is 4.39 Å². The summed E-state index contributed by atoms with van der Waals surface area (Å²) in [6.07, 6.45) is 1.42. The Hall–Kier alpha value is -0.900. The first-order valence-electron chi connectivity index (χ1n) is 5.89. The predicted octanol–water partition coefficient (Wildman–Crippen LogP) is 4.35. The first kappa shape index (κ1) is 13.5. The lowest BCUT2D eigenvalue weighted by Gasteiger charge is -2.11. The minimum atomic E-state index is -0.287. The summed E-state index contributed by atoms with van der Waals surface area (Å²) < 4.78 is 13.7. The smallest absolute Gasteiger partial charge is 0.127 e. The molecule has 0 aliphatic rings. The van der Waals surface area contributed by atoms with Gasteiger partial charge in [-0.25, -0.2) is 4.39 Å². The van der Waals surface area contributed by atoms with Gasteiger partial charge in [0.25, 0.3) is 0 Å². The molecule has 4 heteroatoms. The third-order valence-corrected chi connectivity index (χ3v) is 4.60.